The molecule has 21 heavy (non-hydrogen) atoms. The number of benzene rings is 1. The fourth-order valence-corrected chi connectivity index (χ4v) is 2.79. The molecular formula is C16H22ClN3O. The van der Waals surface area contributed by atoms with Crippen LogP contribution in [0.1, 0.15) is 35.5 Å². The Bertz CT molecular complexity index is 610. The SMILES string of the molecule is Cc1nn(CCO)c(C)c1CNC(C)c1ccccc1Cl. The summed E-state index contributed by atoms with van der Waals surface area (Å²) in [6.45, 7) is 7.50. The van der Waals surface area contributed by atoms with Crippen LogP contribution in [0.2, 0.25) is 5.02 Å². The number of aryl methyl sites for hydroxylation is 1. The Hall–Kier alpha value is -1.36. The van der Waals surface area contributed by atoms with Gasteiger partial charge in [-0.15, -0.1) is 0 Å². The molecule has 2 aromatic rings. The maximum Gasteiger partial charge on any atom is 0.0644 e. The van der Waals surface area contributed by atoms with Crippen molar-refractivity contribution in [3.8, 4) is 0 Å². The second-order valence-corrected chi connectivity index (χ2v) is 5.63. The molecule has 0 aliphatic heterocycles. The summed E-state index contributed by atoms with van der Waals surface area (Å²) in [6, 6.07) is 8.04. The lowest BCUT2D eigenvalue weighted by Crippen LogP contribution is -2.19. The minimum absolute atomic E-state index is 0.102. The van der Waals surface area contributed by atoms with E-state index in [4.69, 9.17) is 16.7 Å². The zero-order chi connectivity index (χ0) is 15.4. The summed E-state index contributed by atoms with van der Waals surface area (Å²) in [7, 11) is 0. The lowest BCUT2D eigenvalue weighted by atomic mass is 10.1. The van der Waals surface area contributed by atoms with Crippen molar-refractivity contribution in [1.82, 2.24) is 15.1 Å². The lowest BCUT2D eigenvalue weighted by Gasteiger charge is -2.16. The van der Waals surface area contributed by atoms with Crippen LogP contribution in [0.25, 0.3) is 0 Å². The van der Waals surface area contributed by atoms with E-state index >= 15 is 0 Å². The maximum atomic E-state index is 9.05. The van der Waals surface area contributed by atoms with Crippen molar-refractivity contribution >= 4 is 11.6 Å². The highest BCUT2D eigenvalue weighted by Gasteiger charge is 2.13. The zero-order valence-corrected chi connectivity index (χ0v) is 13.5. The molecule has 0 radical (unpaired) electrons. The van der Waals surface area contributed by atoms with Crippen molar-refractivity contribution < 1.29 is 5.11 Å². The van der Waals surface area contributed by atoms with Gasteiger partial charge in [0.05, 0.1) is 18.8 Å². The molecule has 0 aliphatic carbocycles. The van der Waals surface area contributed by atoms with Crippen LogP contribution in [0.4, 0.5) is 0 Å². The van der Waals surface area contributed by atoms with Gasteiger partial charge in [0.2, 0.25) is 0 Å². The molecule has 0 fully saturated rings. The van der Waals surface area contributed by atoms with Crippen LogP contribution in [-0.2, 0) is 13.1 Å². The van der Waals surface area contributed by atoms with Crippen molar-refractivity contribution in [2.45, 2.75) is 39.9 Å². The molecule has 1 aromatic carbocycles. The van der Waals surface area contributed by atoms with E-state index in [1.807, 2.05) is 42.8 Å². The largest absolute Gasteiger partial charge is 0.394 e. The first-order valence-corrected chi connectivity index (χ1v) is 7.54. The Labute approximate surface area is 130 Å². The van der Waals surface area contributed by atoms with Crippen LogP contribution in [-0.4, -0.2) is 21.5 Å². The summed E-state index contributed by atoms with van der Waals surface area (Å²) >= 11 is 6.22. The highest BCUT2D eigenvalue weighted by molar-refractivity contribution is 6.31. The van der Waals surface area contributed by atoms with E-state index in [2.05, 4.69) is 17.3 Å². The van der Waals surface area contributed by atoms with Crippen LogP contribution in [0, 0.1) is 13.8 Å². The number of aromatic nitrogens is 2. The van der Waals surface area contributed by atoms with Crippen LogP contribution >= 0.6 is 11.6 Å². The molecule has 0 aliphatic rings. The van der Waals surface area contributed by atoms with Crippen molar-refractivity contribution in [1.29, 1.82) is 0 Å². The predicted molar refractivity (Wildman–Crippen MR) is 85.5 cm³/mol. The fourth-order valence-electron chi connectivity index (χ4n) is 2.49. The first kappa shape index (κ1) is 16.0. The van der Waals surface area contributed by atoms with Crippen LogP contribution in [0.3, 0.4) is 0 Å². The van der Waals surface area contributed by atoms with E-state index in [1.165, 1.54) is 5.56 Å². The molecule has 0 amide bonds. The molecule has 1 atom stereocenters. The number of nitrogens with zero attached hydrogens (tertiary/aromatic N) is 2. The van der Waals surface area contributed by atoms with Crippen LogP contribution in [0.5, 0.6) is 0 Å². The molecule has 114 valence electrons. The normalized spacial score (nSPS) is 12.6. The summed E-state index contributed by atoms with van der Waals surface area (Å²) in [4.78, 5) is 0. The first-order chi connectivity index (χ1) is 10.0. The zero-order valence-electron chi connectivity index (χ0n) is 12.7. The Morgan fingerprint density at radius 3 is 2.71 bits per heavy atom. The average Bonchev–Trinajstić information content (AvgIpc) is 2.72. The third-order valence-corrected chi connectivity index (χ3v) is 4.14. The third kappa shape index (κ3) is 3.64. The first-order valence-electron chi connectivity index (χ1n) is 7.16. The number of aliphatic hydroxyl groups is 1. The molecule has 2 rings (SSSR count). The van der Waals surface area contributed by atoms with E-state index < -0.39 is 0 Å². The van der Waals surface area contributed by atoms with E-state index in [-0.39, 0.29) is 12.6 Å². The predicted octanol–water partition coefficient (Wildman–Crippen LogP) is 3.00. The van der Waals surface area contributed by atoms with Gasteiger partial charge >= 0.3 is 0 Å². The molecule has 0 bridgehead atoms. The van der Waals surface area contributed by atoms with E-state index in [9.17, 15) is 0 Å². The van der Waals surface area contributed by atoms with Gasteiger partial charge in [-0.05, 0) is 32.4 Å². The summed E-state index contributed by atoms with van der Waals surface area (Å²) in [5, 5.41) is 17.8. The number of nitrogens with one attached hydrogen (secondary N) is 1. The summed E-state index contributed by atoms with van der Waals surface area (Å²) < 4.78 is 1.85. The topological polar surface area (TPSA) is 50.1 Å². The Morgan fingerprint density at radius 2 is 2.05 bits per heavy atom. The minimum Gasteiger partial charge on any atom is -0.394 e. The van der Waals surface area contributed by atoms with Gasteiger partial charge in [-0.1, -0.05) is 29.8 Å². The second-order valence-electron chi connectivity index (χ2n) is 5.22. The molecule has 0 spiro atoms. The van der Waals surface area contributed by atoms with Crippen LogP contribution in [0.15, 0.2) is 24.3 Å². The van der Waals surface area contributed by atoms with Crippen molar-refractivity contribution in [2.24, 2.45) is 0 Å². The van der Waals surface area contributed by atoms with Gasteiger partial charge in [0.15, 0.2) is 0 Å². The van der Waals surface area contributed by atoms with Crippen molar-refractivity contribution in [3.63, 3.8) is 0 Å². The summed E-state index contributed by atoms with van der Waals surface area (Å²) in [6.07, 6.45) is 0. The number of hydrogen-bond acceptors (Lipinski definition) is 3. The Morgan fingerprint density at radius 1 is 1.33 bits per heavy atom. The minimum atomic E-state index is 0.102. The number of halogens is 1. The lowest BCUT2D eigenvalue weighted by molar-refractivity contribution is 0.267. The maximum absolute atomic E-state index is 9.05. The van der Waals surface area contributed by atoms with Crippen molar-refractivity contribution in [2.75, 3.05) is 6.61 Å². The van der Waals surface area contributed by atoms with Gasteiger partial charge in [-0.25, -0.2) is 0 Å². The quantitative estimate of drug-likeness (QED) is 0.862. The van der Waals surface area contributed by atoms with Gasteiger partial charge in [0, 0.05) is 28.9 Å². The standard InChI is InChI=1S/C16H22ClN3O/c1-11(14-6-4-5-7-16(14)17)18-10-15-12(2)19-20(8-9-21)13(15)3/h4-7,11,18,21H,8-10H2,1-3H3. The van der Waals surface area contributed by atoms with Gasteiger partial charge in [0.1, 0.15) is 0 Å². The fraction of sp³-hybridized carbons (Fsp3) is 0.438. The van der Waals surface area contributed by atoms with Gasteiger partial charge < -0.3 is 10.4 Å². The van der Waals surface area contributed by atoms with E-state index in [0.717, 1.165) is 28.5 Å². The van der Waals surface area contributed by atoms with Crippen molar-refractivity contribution in [3.05, 3.63) is 51.8 Å². The molecule has 1 unspecified atom stereocenters. The monoisotopic (exact) mass is 307 g/mol. The van der Waals surface area contributed by atoms with Gasteiger partial charge in [-0.3, -0.25) is 4.68 Å². The molecule has 5 heteroatoms. The average molecular weight is 308 g/mol. The number of rotatable bonds is 6. The molecule has 4 nitrogen and oxygen atoms in total. The molecule has 0 saturated carbocycles. The third-order valence-electron chi connectivity index (χ3n) is 3.80. The molecule has 0 saturated heterocycles. The molecule has 2 N–H and O–H groups in total. The van der Waals surface area contributed by atoms with Gasteiger partial charge in [-0.2, -0.15) is 5.10 Å². The number of aliphatic hydroxyl groups excluding tert-OH is 1. The summed E-state index contributed by atoms with van der Waals surface area (Å²) in [5.41, 5.74) is 4.37. The molecular weight excluding hydrogens is 286 g/mol. The molecule has 1 aromatic heterocycles. The van der Waals surface area contributed by atoms with Crippen LogP contribution < -0.4 is 5.32 Å². The smallest absolute Gasteiger partial charge is 0.0644 e. The highest BCUT2D eigenvalue weighted by Crippen LogP contribution is 2.23. The Balaban J connectivity index is 2.08. The summed E-state index contributed by atoms with van der Waals surface area (Å²) in [5.74, 6) is 0. The molecule has 1 heterocycles. The Kier molecular flexibility index (Phi) is 5.39. The van der Waals surface area contributed by atoms with E-state index in [0.29, 0.717) is 6.54 Å². The van der Waals surface area contributed by atoms with Gasteiger partial charge in [0.25, 0.3) is 0 Å². The highest BCUT2D eigenvalue weighted by atomic mass is 35.5. The number of hydrogen-bond donors (Lipinski definition) is 2. The van der Waals surface area contributed by atoms with E-state index in [1.54, 1.807) is 0 Å². The second kappa shape index (κ2) is 7.07.